The third-order valence-electron chi connectivity index (χ3n) is 15.6. The molecule has 7 heteroatoms. The van der Waals surface area contributed by atoms with Gasteiger partial charge in [-0.15, -0.1) is 0 Å². The van der Waals surface area contributed by atoms with E-state index >= 15 is 0 Å². The van der Waals surface area contributed by atoms with Gasteiger partial charge in [-0.1, -0.05) is 60.6 Å². The number of carboxylic acids is 1. The second-order valence-corrected chi connectivity index (χ2v) is 20.3. The molecule has 0 saturated heterocycles. The molecule has 5 aliphatic rings. The summed E-state index contributed by atoms with van der Waals surface area (Å²) < 4.78 is 12.4. The maximum atomic E-state index is 14.3. The zero-order valence-corrected chi connectivity index (χ0v) is 32.1. The number of nitrogens with two attached hydrogens (primary N) is 1. The smallest absolute Gasteiger partial charge is 0.314 e. The van der Waals surface area contributed by atoms with E-state index in [1.165, 1.54) is 0 Å². The summed E-state index contributed by atoms with van der Waals surface area (Å²) in [5, 5.41) is 9.32. The highest BCUT2D eigenvalue weighted by atomic mass is 16.6. The van der Waals surface area contributed by atoms with Gasteiger partial charge in [0.1, 0.15) is 11.7 Å². The van der Waals surface area contributed by atoms with Crippen molar-refractivity contribution >= 4 is 17.9 Å². The molecule has 0 aromatic carbocycles. The molecule has 0 heterocycles. The van der Waals surface area contributed by atoms with Crippen LogP contribution in [0.5, 0.6) is 0 Å². The Morgan fingerprint density at radius 3 is 1.98 bits per heavy atom. The lowest BCUT2D eigenvalue weighted by molar-refractivity contribution is -0.255. The van der Waals surface area contributed by atoms with Gasteiger partial charge in [0.2, 0.25) is 0 Å². The van der Waals surface area contributed by atoms with Gasteiger partial charge in [-0.2, -0.15) is 0 Å². The molecule has 0 aromatic heterocycles. The topological polar surface area (TPSA) is 116 Å². The largest absolute Gasteiger partial charge is 0.481 e. The average Bonchev–Trinajstić information content (AvgIpc) is 3.23. The van der Waals surface area contributed by atoms with E-state index in [-0.39, 0.29) is 64.4 Å². The summed E-state index contributed by atoms with van der Waals surface area (Å²) in [4.78, 5) is 38.8. The SMILES string of the molecule is C=C(C)[C@@H]1CCC2(C(=O)OC(C)(C)C)CC[C@]3(C)[C@H](CC[C@@H]4[C@@]5(C)CC[C@H](OC(=O)CC(C)(C)CC(=O)O)C(C)(C)[C@@H]5CC[C@]43C)[C@@]12N. The van der Waals surface area contributed by atoms with Gasteiger partial charge in [0.25, 0.3) is 0 Å². The molecule has 0 radical (unpaired) electrons. The molecule has 0 spiro atoms. The van der Waals surface area contributed by atoms with Gasteiger partial charge in [-0.25, -0.2) is 0 Å². The number of aliphatic carboxylic acids is 1. The number of ether oxygens (including phenoxy) is 2. The number of carbonyl (C=O) groups excluding carboxylic acids is 2. The Morgan fingerprint density at radius 2 is 1.40 bits per heavy atom. The monoisotopic (exact) mass is 669 g/mol. The van der Waals surface area contributed by atoms with Crippen LogP contribution in [0.4, 0.5) is 0 Å². The third kappa shape index (κ3) is 5.41. The van der Waals surface area contributed by atoms with Crippen molar-refractivity contribution in [1.29, 1.82) is 0 Å². The van der Waals surface area contributed by atoms with Crippen LogP contribution < -0.4 is 5.73 Å². The Bertz CT molecular complexity index is 1340. The summed E-state index contributed by atoms with van der Waals surface area (Å²) in [6.45, 7) is 28.3. The fourth-order valence-corrected chi connectivity index (χ4v) is 13.4. The van der Waals surface area contributed by atoms with Gasteiger partial charge >= 0.3 is 17.9 Å². The van der Waals surface area contributed by atoms with Crippen molar-refractivity contribution in [3.8, 4) is 0 Å². The summed E-state index contributed by atoms with van der Waals surface area (Å²) in [7, 11) is 0. The fraction of sp³-hybridized carbons (Fsp3) is 0.878. The predicted molar refractivity (Wildman–Crippen MR) is 189 cm³/mol. The molecule has 0 amide bonds. The van der Waals surface area contributed by atoms with Gasteiger partial charge in [-0.3, -0.25) is 14.4 Å². The number of carboxylic acid groups (broad SMARTS) is 1. The first kappa shape index (κ1) is 37.4. The summed E-state index contributed by atoms with van der Waals surface area (Å²) in [6, 6.07) is 0. The lowest BCUT2D eigenvalue weighted by Crippen LogP contribution is -2.75. The molecule has 3 N–H and O–H groups in total. The molecule has 5 saturated carbocycles. The number of fused-ring (bicyclic) bond motifs is 7. The number of hydrogen-bond donors (Lipinski definition) is 2. The van der Waals surface area contributed by atoms with Crippen molar-refractivity contribution in [2.24, 2.45) is 61.9 Å². The molecule has 272 valence electrons. The molecule has 5 rings (SSSR count). The zero-order chi connectivity index (χ0) is 36.1. The Balaban J connectivity index is 1.44. The van der Waals surface area contributed by atoms with E-state index in [0.717, 1.165) is 69.8 Å². The Kier molecular flexibility index (Phi) is 9.00. The first-order valence-electron chi connectivity index (χ1n) is 18.9. The highest BCUT2D eigenvalue weighted by Crippen LogP contribution is 2.78. The van der Waals surface area contributed by atoms with Crippen LogP contribution in [-0.2, 0) is 23.9 Å². The molecule has 0 aromatic rings. The van der Waals surface area contributed by atoms with E-state index in [4.69, 9.17) is 15.2 Å². The van der Waals surface area contributed by atoms with Crippen LogP contribution in [0.15, 0.2) is 12.2 Å². The van der Waals surface area contributed by atoms with Gasteiger partial charge in [0.15, 0.2) is 0 Å². The van der Waals surface area contributed by atoms with Gasteiger partial charge in [0.05, 0.1) is 18.3 Å². The predicted octanol–water partition coefficient (Wildman–Crippen LogP) is 8.87. The highest BCUT2D eigenvalue weighted by molar-refractivity contribution is 5.81. The van der Waals surface area contributed by atoms with Crippen molar-refractivity contribution in [3.63, 3.8) is 0 Å². The van der Waals surface area contributed by atoms with Crippen molar-refractivity contribution < 1.29 is 29.0 Å². The van der Waals surface area contributed by atoms with E-state index in [0.29, 0.717) is 11.8 Å². The van der Waals surface area contributed by atoms with Crippen LogP contribution >= 0.6 is 0 Å². The zero-order valence-electron chi connectivity index (χ0n) is 32.1. The molecule has 10 atom stereocenters. The first-order valence-corrected chi connectivity index (χ1v) is 18.9. The molecule has 0 bridgehead atoms. The summed E-state index contributed by atoms with van der Waals surface area (Å²) in [6.07, 6.45) is 9.31. The van der Waals surface area contributed by atoms with E-state index in [1.54, 1.807) is 0 Å². The molecule has 48 heavy (non-hydrogen) atoms. The Hall–Kier alpha value is -1.89. The minimum Gasteiger partial charge on any atom is -0.481 e. The second kappa shape index (κ2) is 11.6. The van der Waals surface area contributed by atoms with Crippen LogP contribution in [0.2, 0.25) is 0 Å². The second-order valence-electron chi connectivity index (χ2n) is 20.3. The fourth-order valence-electron chi connectivity index (χ4n) is 13.4. The summed E-state index contributed by atoms with van der Waals surface area (Å²) in [5.41, 5.74) is 6.26. The standard InChI is InChI=1S/C41H67NO6/c1-25(2)26-15-20-40(33(46)48-34(3,4)5)22-21-39(12)29(41(26,40)42)14-13-28-37(10)18-17-30(36(8,9)27(37)16-19-38(28,39)11)47-32(45)24-35(6,7)23-31(43)44/h26-30H,1,13-24,42H2,2-12H3,(H,43,44)/t26-,27-,28+,29-,30-,37-,38+,39+,40?,41-/m0/s1. The van der Waals surface area contributed by atoms with Gasteiger partial charge in [-0.05, 0) is 137 Å². The van der Waals surface area contributed by atoms with Crippen LogP contribution in [0.25, 0.3) is 0 Å². The number of esters is 2. The van der Waals surface area contributed by atoms with Crippen molar-refractivity contribution in [2.75, 3.05) is 0 Å². The van der Waals surface area contributed by atoms with Crippen LogP contribution in [0.3, 0.4) is 0 Å². The van der Waals surface area contributed by atoms with Crippen LogP contribution in [0, 0.1) is 56.2 Å². The quantitative estimate of drug-likeness (QED) is 0.205. The number of hydrogen-bond acceptors (Lipinski definition) is 6. The molecule has 1 unspecified atom stereocenters. The Morgan fingerprint density at radius 1 is 0.792 bits per heavy atom. The molecule has 5 aliphatic carbocycles. The van der Waals surface area contributed by atoms with E-state index < -0.39 is 27.9 Å². The minimum atomic E-state index is -0.896. The summed E-state index contributed by atoms with van der Waals surface area (Å²) in [5.74, 6) is -0.114. The van der Waals surface area contributed by atoms with Crippen LogP contribution in [0.1, 0.15) is 153 Å². The van der Waals surface area contributed by atoms with Crippen molar-refractivity contribution in [3.05, 3.63) is 12.2 Å². The number of rotatable bonds is 7. The minimum absolute atomic E-state index is 0.0363. The molecular formula is C41H67NO6. The van der Waals surface area contributed by atoms with Crippen molar-refractivity contribution in [2.45, 2.75) is 170 Å². The van der Waals surface area contributed by atoms with Gasteiger partial charge < -0.3 is 20.3 Å². The lowest BCUT2D eigenvalue weighted by Gasteiger charge is -2.74. The van der Waals surface area contributed by atoms with Crippen molar-refractivity contribution in [1.82, 2.24) is 0 Å². The van der Waals surface area contributed by atoms with E-state index in [1.807, 2.05) is 34.6 Å². The lowest BCUT2D eigenvalue weighted by atomic mass is 9.31. The molecule has 7 nitrogen and oxygen atoms in total. The molecular weight excluding hydrogens is 602 g/mol. The highest BCUT2D eigenvalue weighted by Gasteiger charge is 2.76. The van der Waals surface area contributed by atoms with Gasteiger partial charge in [0, 0.05) is 11.0 Å². The Labute approximate surface area is 290 Å². The third-order valence-corrected chi connectivity index (χ3v) is 15.6. The number of carbonyl (C=O) groups is 3. The summed E-state index contributed by atoms with van der Waals surface area (Å²) >= 11 is 0. The maximum absolute atomic E-state index is 14.3. The van der Waals surface area contributed by atoms with Crippen LogP contribution in [-0.4, -0.2) is 40.3 Å². The maximum Gasteiger partial charge on any atom is 0.314 e. The molecule has 5 fully saturated rings. The molecule has 0 aliphatic heterocycles. The van der Waals surface area contributed by atoms with E-state index in [9.17, 15) is 19.5 Å². The first-order chi connectivity index (χ1) is 21.8. The van der Waals surface area contributed by atoms with E-state index in [2.05, 4.69) is 48.1 Å². The normalized spacial score (nSPS) is 43.5. The average molecular weight is 670 g/mol.